The second-order valence-corrected chi connectivity index (χ2v) is 5.86. The van der Waals surface area contributed by atoms with Gasteiger partial charge in [0.15, 0.2) is 0 Å². The lowest BCUT2D eigenvalue weighted by molar-refractivity contribution is -0.409. The van der Waals surface area contributed by atoms with Crippen molar-refractivity contribution in [3.05, 3.63) is 0 Å². The summed E-state index contributed by atoms with van der Waals surface area (Å²) in [6.07, 6.45) is -5.50. The van der Waals surface area contributed by atoms with E-state index in [1.165, 1.54) is 13.8 Å². The van der Waals surface area contributed by atoms with Crippen LogP contribution < -0.4 is 0 Å². The molecule has 1 N–H and O–H groups in total. The molecule has 2 atom stereocenters. The number of halogens is 5. The molecule has 0 aromatic carbocycles. The highest BCUT2D eigenvalue weighted by Gasteiger charge is 2.82. The second kappa shape index (κ2) is 4.77. The summed E-state index contributed by atoms with van der Waals surface area (Å²) in [5, 5.41) is 9.18. The molecule has 124 valence electrons. The molecule has 1 fully saturated rings. The fourth-order valence-electron chi connectivity index (χ4n) is 1.62. The molecule has 4 nitrogen and oxygen atoms in total. The van der Waals surface area contributed by atoms with E-state index < -0.39 is 41.5 Å². The first kappa shape index (κ1) is 18.1. The molecule has 0 radical (unpaired) electrons. The normalized spacial score (nSPS) is 33.0. The van der Waals surface area contributed by atoms with Gasteiger partial charge in [-0.05, 0) is 27.2 Å². The molecular weight excluding hydrogens is 303 g/mol. The molecule has 0 bridgehead atoms. The van der Waals surface area contributed by atoms with Crippen molar-refractivity contribution in [3.63, 3.8) is 0 Å². The Hall–Kier alpha value is -0.960. The van der Waals surface area contributed by atoms with Gasteiger partial charge in [0.2, 0.25) is 5.60 Å². The van der Waals surface area contributed by atoms with Gasteiger partial charge in [-0.25, -0.2) is 0 Å². The Morgan fingerprint density at radius 2 is 1.81 bits per heavy atom. The molecule has 0 amide bonds. The summed E-state index contributed by atoms with van der Waals surface area (Å²) < 4.78 is 74.4. The highest BCUT2D eigenvalue weighted by atomic mass is 19.4. The standard InChI is InChI=1S/C12H17F5O4/c1-5-8(2,3)7(18)21-9(4)6-20-11(19,10(9,13)14)12(15,16)17/h19H,5-6H2,1-4H3. The lowest BCUT2D eigenvalue weighted by atomic mass is 9.89. The summed E-state index contributed by atoms with van der Waals surface area (Å²) in [5.74, 6) is -10.6. The molecule has 1 aliphatic heterocycles. The third-order valence-electron chi connectivity index (χ3n) is 3.78. The zero-order valence-corrected chi connectivity index (χ0v) is 12.0. The Labute approximate surface area is 118 Å². The number of carbonyl (C=O) groups is 1. The number of ether oxygens (including phenoxy) is 2. The van der Waals surface area contributed by atoms with Crippen LogP contribution in [0, 0.1) is 5.41 Å². The van der Waals surface area contributed by atoms with Crippen molar-refractivity contribution in [2.45, 2.75) is 57.6 Å². The minimum atomic E-state index is -5.74. The van der Waals surface area contributed by atoms with Gasteiger partial charge in [0, 0.05) is 0 Å². The first-order valence-electron chi connectivity index (χ1n) is 6.19. The Bertz CT molecular complexity index is 434. The molecule has 0 aliphatic carbocycles. The quantitative estimate of drug-likeness (QED) is 0.641. The van der Waals surface area contributed by atoms with Crippen molar-refractivity contribution in [1.29, 1.82) is 0 Å². The zero-order valence-electron chi connectivity index (χ0n) is 12.0. The molecule has 0 saturated carbocycles. The van der Waals surface area contributed by atoms with Gasteiger partial charge >= 0.3 is 23.9 Å². The number of esters is 1. The van der Waals surface area contributed by atoms with Crippen molar-refractivity contribution in [2.24, 2.45) is 5.41 Å². The fraction of sp³-hybridized carbons (Fsp3) is 0.917. The van der Waals surface area contributed by atoms with Gasteiger partial charge in [-0.3, -0.25) is 4.79 Å². The maximum absolute atomic E-state index is 14.0. The summed E-state index contributed by atoms with van der Waals surface area (Å²) in [5.41, 5.74) is -4.07. The Morgan fingerprint density at radius 3 is 2.14 bits per heavy atom. The predicted octanol–water partition coefficient (Wildman–Crippen LogP) is 2.64. The van der Waals surface area contributed by atoms with Gasteiger partial charge in [0.05, 0.1) is 12.0 Å². The van der Waals surface area contributed by atoms with Crippen molar-refractivity contribution in [3.8, 4) is 0 Å². The maximum atomic E-state index is 14.0. The average Bonchev–Trinajstić information content (AvgIpc) is 2.50. The number of rotatable bonds is 3. The van der Waals surface area contributed by atoms with E-state index in [2.05, 4.69) is 9.47 Å². The van der Waals surface area contributed by atoms with Crippen LogP contribution in [0.25, 0.3) is 0 Å². The van der Waals surface area contributed by atoms with E-state index in [0.29, 0.717) is 6.92 Å². The largest absolute Gasteiger partial charge is 0.450 e. The van der Waals surface area contributed by atoms with Crippen molar-refractivity contribution < 1.29 is 41.3 Å². The third kappa shape index (κ3) is 2.50. The number of aliphatic hydroxyl groups is 1. The van der Waals surface area contributed by atoms with Gasteiger partial charge < -0.3 is 14.6 Å². The summed E-state index contributed by atoms with van der Waals surface area (Å²) >= 11 is 0. The van der Waals surface area contributed by atoms with E-state index in [1.54, 1.807) is 6.92 Å². The fourth-order valence-corrected chi connectivity index (χ4v) is 1.62. The molecule has 1 saturated heterocycles. The van der Waals surface area contributed by atoms with Crippen LogP contribution in [0.2, 0.25) is 0 Å². The van der Waals surface area contributed by atoms with Gasteiger partial charge in [0.25, 0.3) is 0 Å². The van der Waals surface area contributed by atoms with Crippen LogP contribution >= 0.6 is 0 Å². The highest BCUT2D eigenvalue weighted by Crippen LogP contribution is 2.54. The zero-order chi connectivity index (χ0) is 16.9. The number of hydrogen-bond donors (Lipinski definition) is 1. The van der Waals surface area contributed by atoms with Gasteiger partial charge in [-0.2, -0.15) is 22.0 Å². The van der Waals surface area contributed by atoms with E-state index >= 15 is 0 Å². The monoisotopic (exact) mass is 320 g/mol. The number of alkyl halides is 5. The van der Waals surface area contributed by atoms with E-state index in [9.17, 15) is 31.9 Å². The molecule has 1 rings (SSSR count). The minimum Gasteiger partial charge on any atom is -0.450 e. The SMILES string of the molecule is CCC(C)(C)C(=O)OC1(C)COC(O)(C(F)(F)F)C1(F)F. The first-order valence-corrected chi connectivity index (χ1v) is 6.19. The lowest BCUT2D eigenvalue weighted by Gasteiger charge is -2.37. The number of hydrogen-bond acceptors (Lipinski definition) is 4. The van der Waals surface area contributed by atoms with Crippen molar-refractivity contribution >= 4 is 5.97 Å². The van der Waals surface area contributed by atoms with Crippen LogP contribution in [-0.2, 0) is 14.3 Å². The van der Waals surface area contributed by atoms with Crippen LogP contribution in [0.3, 0.4) is 0 Å². The van der Waals surface area contributed by atoms with E-state index in [-0.39, 0.29) is 6.42 Å². The highest BCUT2D eigenvalue weighted by molar-refractivity contribution is 5.76. The average molecular weight is 320 g/mol. The molecule has 2 unspecified atom stereocenters. The van der Waals surface area contributed by atoms with Crippen LogP contribution in [0.1, 0.15) is 34.1 Å². The van der Waals surface area contributed by atoms with E-state index in [0.717, 1.165) is 0 Å². The summed E-state index contributed by atoms with van der Waals surface area (Å²) in [6, 6.07) is 0. The Balaban J connectivity index is 3.13. The van der Waals surface area contributed by atoms with Crippen LogP contribution in [0.5, 0.6) is 0 Å². The molecule has 0 aromatic rings. The summed E-state index contributed by atoms with van der Waals surface area (Å²) in [7, 11) is 0. The molecule has 9 heteroatoms. The summed E-state index contributed by atoms with van der Waals surface area (Å²) in [4.78, 5) is 11.8. The van der Waals surface area contributed by atoms with Crippen LogP contribution in [0.15, 0.2) is 0 Å². The van der Waals surface area contributed by atoms with E-state index in [1.807, 2.05) is 0 Å². The van der Waals surface area contributed by atoms with Crippen LogP contribution in [-0.4, -0.2) is 41.2 Å². The molecule has 21 heavy (non-hydrogen) atoms. The minimum absolute atomic E-state index is 0.234. The lowest BCUT2D eigenvalue weighted by Crippen LogP contribution is -2.63. The van der Waals surface area contributed by atoms with E-state index in [4.69, 9.17) is 0 Å². The maximum Gasteiger partial charge on any atom is 0.449 e. The van der Waals surface area contributed by atoms with Crippen molar-refractivity contribution in [1.82, 2.24) is 0 Å². The topological polar surface area (TPSA) is 55.8 Å². The van der Waals surface area contributed by atoms with Gasteiger partial charge in [0.1, 0.15) is 0 Å². The molecular formula is C12H17F5O4. The Morgan fingerprint density at radius 1 is 1.33 bits per heavy atom. The molecule has 1 heterocycles. The second-order valence-electron chi connectivity index (χ2n) is 5.86. The van der Waals surface area contributed by atoms with Gasteiger partial charge in [-0.15, -0.1) is 0 Å². The summed E-state index contributed by atoms with van der Waals surface area (Å²) in [6.45, 7) is 3.73. The Kier molecular flexibility index (Phi) is 4.11. The molecule has 0 aromatic heterocycles. The van der Waals surface area contributed by atoms with Crippen LogP contribution in [0.4, 0.5) is 22.0 Å². The molecule has 0 spiro atoms. The predicted molar refractivity (Wildman–Crippen MR) is 60.5 cm³/mol. The number of carbonyl (C=O) groups excluding carboxylic acids is 1. The first-order chi connectivity index (χ1) is 9.15. The van der Waals surface area contributed by atoms with Gasteiger partial charge in [-0.1, -0.05) is 6.92 Å². The third-order valence-corrected chi connectivity index (χ3v) is 3.78. The van der Waals surface area contributed by atoms with Crippen molar-refractivity contribution in [2.75, 3.05) is 6.61 Å². The smallest absolute Gasteiger partial charge is 0.449 e. The molecule has 1 aliphatic rings.